The van der Waals surface area contributed by atoms with E-state index in [-0.39, 0.29) is 0 Å². The first kappa shape index (κ1) is 18.5. The van der Waals surface area contributed by atoms with Gasteiger partial charge in [0.25, 0.3) is 0 Å². The van der Waals surface area contributed by atoms with Crippen LogP contribution in [0.15, 0.2) is 11.1 Å². The van der Waals surface area contributed by atoms with Gasteiger partial charge in [0.05, 0.1) is 6.34 Å². The predicted octanol–water partition coefficient (Wildman–Crippen LogP) is 2.74. The number of aromatic nitrogens is 1. The zero-order valence-electron chi connectivity index (χ0n) is 12.1. The number of pyridine rings is 1. The molecule has 0 aromatic carbocycles. The normalized spacial score (nSPS) is 8.78. The summed E-state index contributed by atoms with van der Waals surface area (Å²) in [7, 11) is 0. The molecule has 5 nitrogen and oxygen atoms in total. The number of nitrogens with one attached hydrogen (secondary N) is 1. The standard InChI is InChI=1S/C9H12N4O.2C2H6/c1-6-3-8(10)13-9(7(6)2)12-4-11-5-14;2*1-2/h3-5H,1-2H3,(H3,10,11,12,13,14);2*1-2H3. The van der Waals surface area contributed by atoms with E-state index in [1.54, 1.807) is 6.07 Å². The van der Waals surface area contributed by atoms with Gasteiger partial charge in [0.2, 0.25) is 6.41 Å². The Balaban J connectivity index is 0. The molecule has 0 fully saturated rings. The molecule has 1 amide bonds. The number of carbonyl (C=O) groups is 1. The third-order valence-electron chi connectivity index (χ3n) is 1.86. The number of rotatable bonds is 3. The lowest BCUT2D eigenvalue weighted by molar-refractivity contribution is -0.108. The van der Waals surface area contributed by atoms with Crippen molar-refractivity contribution in [2.24, 2.45) is 4.99 Å². The van der Waals surface area contributed by atoms with E-state index < -0.39 is 0 Å². The molecule has 1 aromatic rings. The Bertz CT molecular complexity index is 375. The number of carbonyl (C=O) groups excluding carboxylic acids is 1. The van der Waals surface area contributed by atoms with Crippen molar-refractivity contribution in [3.63, 3.8) is 0 Å². The Morgan fingerprint density at radius 1 is 1.28 bits per heavy atom. The zero-order valence-corrected chi connectivity index (χ0v) is 12.1. The number of nitrogens with two attached hydrogens (primary N) is 1. The highest BCUT2D eigenvalue weighted by atomic mass is 16.1. The molecule has 0 spiro atoms. The molecule has 0 saturated heterocycles. The molecular formula is C13H24N4O. The van der Waals surface area contributed by atoms with Crippen LogP contribution < -0.4 is 11.1 Å². The van der Waals surface area contributed by atoms with Crippen molar-refractivity contribution < 1.29 is 4.79 Å². The van der Waals surface area contributed by atoms with E-state index in [0.29, 0.717) is 18.0 Å². The third-order valence-corrected chi connectivity index (χ3v) is 1.86. The Morgan fingerprint density at radius 2 is 1.83 bits per heavy atom. The van der Waals surface area contributed by atoms with Gasteiger partial charge in [-0.05, 0) is 31.0 Å². The highest BCUT2D eigenvalue weighted by molar-refractivity contribution is 5.74. The van der Waals surface area contributed by atoms with Crippen LogP contribution in [0.25, 0.3) is 0 Å². The van der Waals surface area contributed by atoms with Crippen LogP contribution in [0.4, 0.5) is 11.6 Å². The number of aryl methyl sites for hydroxylation is 1. The first-order valence-electron chi connectivity index (χ1n) is 6.11. The Labute approximate surface area is 110 Å². The smallest absolute Gasteiger partial charge is 0.212 e. The largest absolute Gasteiger partial charge is 0.384 e. The molecule has 102 valence electrons. The topological polar surface area (TPSA) is 80.4 Å². The molecule has 0 aliphatic rings. The minimum Gasteiger partial charge on any atom is -0.384 e. The fourth-order valence-corrected chi connectivity index (χ4v) is 0.999. The molecule has 0 radical (unpaired) electrons. The number of anilines is 1. The lowest BCUT2D eigenvalue weighted by atomic mass is 10.1. The van der Waals surface area contributed by atoms with Gasteiger partial charge in [0.15, 0.2) is 5.82 Å². The van der Waals surface area contributed by atoms with E-state index >= 15 is 0 Å². The summed E-state index contributed by atoms with van der Waals surface area (Å²) in [5.74, 6) is 0.947. The Morgan fingerprint density at radius 3 is 2.33 bits per heavy atom. The van der Waals surface area contributed by atoms with Crippen molar-refractivity contribution in [1.82, 2.24) is 10.3 Å². The summed E-state index contributed by atoms with van der Waals surface area (Å²) in [6.07, 6.45) is 1.82. The monoisotopic (exact) mass is 252 g/mol. The van der Waals surface area contributed by atoms with Crippen LogP contribution in [0.3, 0.4) is 0 Å². The van der Waals surface area contributed by atoms with Gasteiger partial charge in [-0.25, -0.2) is 9.98 Å². The highest BCUT2D eigenvalue weighted by Crippen LogP contribution is 2.20. The molecule has 1 heterocycles. The molecule has 3 N–H and O–H groups in total. The second-order valence-corrected chi connectivity index (χ2v) is 2.86. The second kappa shape index (κ2) is 11.6. The summed E-state index contributed by atoms with van der Waals surface area (Å²) in [6.45, 7) is 11.8. The average molecular weight is 252 g/mol. The van der Waals surface area contributed by atoms with Gasteiger partial charge in [-0.2, -0.15) is 0 Å². The number of nitrogens with zero attached hydrogens (tertiary/aromatic N) is 2. The van der Waals surface area contributed by atoms with Crippen LogP contribution in [0.2, 0.25) is 0 Å². The second-order valence-electron chi connectivity index (χ2n) is 2.86. The summed E-state index contributed by atoms with van der Waals surface area (Å²) >= 11 is 0. The van der Waals surface area contributed by atoms with Crippen molar-refractivity contribution in [3.8, 4) is 0 Å². The Kier molecular flexibility index (Phi) is 11.9. The van der Waals surface area contributed by atoms with Crippen molar-refractivity contribution >= 4 is 24.4 Å². The van der Waals surface area contributed by atoms with Crippen molar-refractivity contribution in [1.29, 1.82) is 0 Å². The lowest BCUT2D eigenvalue weighted by Crippen LogP contribution is -2.06. The van der Waals surface area contributed by atoms with Crippen LogP contribution in [-0.2, 0) is 4.79 Å². The molecule has 1 rings (SSSR count). The average Bonchev–Trinajstić information content (AvgIpc) is 2.40. The van der Waals surface area contributed by atoms with E-state index in [1.165, 1.54) is 6.34 Å². The molecule has 5 heteroatoms. The third kappa shape index (κ3) is 6.62. The summed E-state index contributed by atoms with van der Waals surface area (Å²) < 4.78 is 0. The molecule has 0 atom stereocenters. The molecular weight excluding hydrogens is 228 g/mol. The van der Waals surface area contributed by atoms with E-state index in [0.717, 1.165) is 11.1 Å². The van der Waals surface area contributed by atoms with Crippen molar-refractivity contribution in [2.75, 3.05) is 5.73 Å². The van der Waals surface area contributed by atoms with E-state index in [9.17, 15) is 4.79 Å². The van der Waals surface area contributed by atoms with Crippen LogP contribution in [0.5, 0.6) is 0 Å². The van der Waals surface area contributed by atoms with E-state index in [4.69, 9.17) is 5.73 Å². The first-order chi connectivity index (χ1) is 8.65. The predicted molar refractivity (Wildman–Crippen MR) is 78.2 cm³/mol. The highest BCUT2D eigenvalue weighted by Gasteiger charge is 2.02. The van der Waals surface area contributed by atoms with Gasteiger partial charge in [-0.1, -0.05) is 27.7 Å². The first-order valence-corrected chi connectivity index (χ1v) is 6.11. The van der Waals surface area contributed by atoms with Crippen LogP contribution in [-0.4, -0.2) is 17.7 Å². The van der Waals surface area contributed by atoms with E-state index in [2.05, 4.69) is 15.3 Å². The molecule has 18 heavy (non-hydrogen) atoms. The molecule has 0 saturated carbocycles. The van der Waals surface area contributed by atoms with Crippen molar-refractivity contribution in [2.45, 2.75) is 41.5 Å². The maximum Gasteiger partial charge on any atom is 0.212 e. The SMILES string of the molecule is CC.CC.Cc1cc(N)nc(/N=C\NC=O)c1C. The number of aliphatic imine (C=N–C) groups is 1. The maximum atomic E-state index is 9.97. The molecule has 0 bridgehead atoms. The fourth-order valence-electron chi connectivity index (χ4n) is 0.999. The van der Waals surface area contributed by atoms with Gasteiger partial charge in [-0.3, -0.25) is 4.79 Å². The molecule has 1 aromatic heterocycles. The number of amides is 1. The quantitative estimate of drug-likeness (QED) is 0.493. The van der Waals surface area contributed by atoms with Gasteiger partial charge in [0.1, 0.15) is 5.82 Å². The minimum atomic E-state index is 0.423. The molecule has 0 unspecified atom stereocenters. The summed E-state index contributed by atoms with van der Waals surface area (Å²) in [5, 5.41) is 2.31. The van der Waals surface area contributed by atoms with Gasteiger partial charge < -0.3 is 11.1 Å². The van der Waals surface area contributed by atoms with Gasteiger partial charge in [0, 0.05) is 0 Å². The summed E-state index contributed by atoms with van der Waals surface area (Å²) in [5.41, 5.74) is 7.53. The van der Waals surface area contributed by atoms with Crippen LogP contribution in [0.1, 0.15) is 38.8 Å². The number of hydrogen-bond donors (Lipinski definition) is 2. The van der Waals surface area contributed by atoms with Crippen LogP contribution in [0, 0.1) is 13.8 Å². The minimum absolute atomic E-state index is 0.423. The molecule has 0 aliphatic heterocycles. The zero-order chi connectivity index (χ0) is 14.6. The van der Waals surface area contributed by atoms with Gasteiger partial charge in [-0.15, -0.1) is 0 Å². The van der Waals surface area contributed by atoms with E-state index in [1.807, 2.05) is 41.5 Å². The Hall–Kier alpha value is -1.91. The number of hydrogen-bond acceptors (Lipinski definition) is 4. The lowest BCUT2D eigenvalue weighted by Gasteiger charge is -2.04. The summed E-state index contributed by atoms with van der Waals surface area (Å²) in [6, 6.07) is 1.78. The maximum absolute atomic E-state index is 9.97. The van der Waals surface area contributed by atoms with Crippen molar-refractivity contribution in [3.05, 3.63) is 17.2 Å². The number of nitrogen functional groups attached to an aromatic ring is 1. The summed E-state index contributed by atoms with van der Waals surface area (Å²) in [4.78, 5) is 18.0. The molecule has 0 aliphatic carbocycles. The fraction of sp³-hybridized carbons (Fsp3) is 0.462. The van der Waals surface area contributed by atoms with Crippen LogP contribution >= 0.6 is 0 Å². The van der Waals surface area contributed by atoms with Gasteiger partial charge >= 0.3 is 0 Å².